The summed E-state index contributed by atoms with van der Waals surface area (Å²) in [5.41, 5.74) is 8.20. The molecule has 2 N–H and O–H groups in total. The molecule has 0 radical (unpaired) electrons. The van der Waals surface area contributed by atoms with Crippen molar-refractivity contribution in [2.45, 2.75) is 6.04 Å². The molecule has 0 saturated carbocycles. The van der Waals surface area contributed by atoms with Gasteiger partial charge in [-0.15, -0.1) is 0 Å². The first kappa shape index (κ1) is 12.9. The normalized spacial score (nSPS) is 12.5. The molecule has 0 heterocycles. The van der Waals surface area contributed by atoms with Gasteiger partial charge in [0.1, 0.15) is 0 Å². The van der Waals surface area contributed by atoms with E-state index >= 15 is 0 Å². The van der Waals surface area contributed by atoms with Crippen molar-refractivity contribution in [3.8, 4) is 0 Å². The Hall–Kier alpha value is -0.540. The first-order chi connectivity index (χ1) is 8.08. The van der Waals surface area contributed by atoms with E-state index in [1.54, 1.807) is 0 Å². The van der Waals surface area contributed by atoms with Crippen molar-refractivity contribution in [3.63, 3.8) is 0 Å². The summed E-state index contributed by atoms with van der Waals surface area (Å²) in [4.78, 5) is 0. The smallest absolute Gasteiger partial charge is 0.0552 e. The molecule has 0 aliphatic rings. The molecular formula is C13H10BrCl2N. The third-order valence-electron chi connectivity index (χ3n) is 2.53. The molecule has 1 nitrogen and oxygen atoms in total. The van der Waals surface area contributed by atoms with Crippen molar-refractivity contribution in [1.82, 2.24) is 0 Å². The van der Waals surface area contributed by atoms with Gasteiger partial charge >= 0.3 is 0 Å². The Bertz CT molecular complexity index is 525. The van der Waals surface area contributed by atoms with E-state index in [1.807, 2.05) is 42.5 Å². The van der Waals surface area contributed by atoms with Crippen molar-refractivity contribution in [1.29, 1.82) is 0 Å². The van der Waals surface area contributed by atoms with E-state index in [0.29, 0.717) is 10.0 Å². The Balaban J connectivity index is 2.33. The second-order valence-corrected chi connectivity index (χ2v) is 5.40. The van der Waals surface area contributed by atoms with Crippen LogP contribution in [0.25, 0.3) is 0 Å². The van der Waals surface area contributed by atoms with Crippen molar-refractivity contribution in [2.24, 2.45) is 5.73 Å². The molecule has 2 aromatic carbocycles. The fourth-order valence-electron chi connectivity index (χ4n) is 1.57. The number of hydrogen-bond donors (Lipinski definition) is 1. The minimum Gasteiger partial charge on any atom is -0.320 e. The van der Waals surface area contributed by atoms with Crippen LogP contribution in [0.2, 0.25) is 10.0 Å². The monoisotopic (exact) mass is 329 g/mol. The Labute approximate surface area is 119 Å². The van der Waals surface area contributed by atoms with Gasteiger partial charge in [0.15, 0.2) is 0 Å². The summed E-state index contributed by atoms with van der Waals surface area (Å²) in [5.74, 6) is 0. The summed E-state index contributed by atoms with van der Waals surface area (Å²) < 4.78 is 0.848. The van der Waals surface area contributed by atoms with E-state index in [1.165, 1.54) is 0 Å². The average molecular weight is 331 g/mol. The number of nitrogens with two attached hydrogens (primary N) is 1. The highest BCUT2D eigenvalue weighted by Gasteiger charge is 2.10. The number of hydrogen-bond acceptors (Lipinski definition) is 1. The topological polar surface area (TPSA) is 26.0 Å². The lowest BCUT2D eigenvalue weighted by Crippen LogP contribution is -2.11. The summed E-state index contributed by atoms with van der Waals surface area (Å²) in [6, 6.07) is 13.0. The molecule has 2 aromatic rings. The SMILES string of the molecule is NC(c1ccc(Cl)cc1)c1ccc(Cl)c(Br)c1. The van der Waals surface area contributed by atoms with Crippen LogP contribution in [0.1, 0.15) is 17.2 Å². The highest BCUT2D eigenvalue weighted by atomic mass is 79.9. The van der Waals surface area contributed by atoms with Crippen LogP contribution in [0, 0.1) is 0 Å². The predicted molar refractivity (Wildman–Crippen MR) is 76.6 cm³/mol. The third-order valence-corrected chi connectivity index (χ3v) is 4.00. The van der Waals surface area contributed by atoms with Gasteiger partial charge in [0, 0.05) is 9.50 Å². The Morgan fingerprint density at radius 1 is 0.941 bits per heavy atom. The van der Waals surface area contributed by atoms with Crippen LogP contribution in [0.5, 0.6) is 0 Å². The Kier molecular flexibility index (Phi) is 4.10. The highest BCUT2D eigenvalue weighted by molar-refractivity contribution is 9.10. The van der Waals surface area contributed by atoms with Gasteiger partial charge in [0.2, 0.25) is 0 Å². The largest absolute Gasteiger partial charge is 0.320 e. The minimum atomic E-state index is -0.180. The zero-order valence-corrected chi connectivity index (χ0v) is 11.9. The molecule has 4 heteroatoms. The average Bonchev–Trinajstić information content (AvgIpc) is 2.33. The van der Waals surface area contributed by atoms with Crippen molar-refractivity contribution in [3.05, 3.63) is 68.1 Å². The fraction of sp³-hybridized carbons (Fsp3) is 0.0769. The third kappa shape index (κ3) is 3.02. The molecule has 2 rings (SSSR count). The van der Waals surface area contributed by atoms with Gasteiger partial charge in [-0.25, -0.2) is 0 Å². The van der Waals surface area contributed by atoms with Crippen LogP contribution in [-0.2, 0) is 0 Å². The number of rotatable bonds is 2. The summed E-state index contributed by atoms with van der Waals surface area (Å²) in [7, 11) is 0. The number of benzene rings is 2. The minimum absolute atomic E-state index is 0.180. The van der Waals surface area contributed by atoms with E-state index in [-0.39, 0.29) is 6.04 Å². The second kappa shape index (κ2) is 5.40. The van der Waals surface area contributed by atoms with Gasteiger partial charge in [-0.3, -0.25) is 0 Å². The molecule has 0 aliphatic carbocycles. The van der Waals surface area contributed by atoms with Crippen LogP contribution in [0.4, 0.5) is 0 Å². The quantitative estimate of drug-likeness (QED) is 0.840. The molecule has 0 bridgehead atoms. The predicted octanol–water partition coefficient (Wildman–Crippen LogP) is 4.80. The van der Waals surface area contributed by atoms with Gasteiger partial charge in [-0.2, -0.15) is 0 Å². The van der Waals surface area contributed by atoms with Gasteiger partial charge in [0.05, 0.1) is 11.1 Å². The lowest BCUT2D eigenvalue weighted by atomic mass is 10.00. The summed E-state index contributed by atoms with van der Waals surface area (Å²) >= 11 is 15.2. The zero-order valence-electron chi connectivity index (χ0n) is 8.83. The molecule has 17 heavy (non-hydrogen) atoms. The van der Waals surface area contributed by atoms with Crippen LogP contribution >= 0.6 is 39.1 Å². The van der Waals surface area contributed by atoms with Crippen molar-refractivity contribution in [2.75, 3.05) is 0 Å². The first-order valence-electron chi connectivity index (χ1n) is 5.04. The van der Waals surface area contributed by atoms with Crippen LogP contribution in [-0.4, -0.2) is 0 Å². The lowest BCUT2D eigenvalue weighted by Gasteiger charge is -2.13. The van der Waals surface area contributed by atoms with Crippen LogP contribution < -0.4 is 5.73 Å². The molecule has 1 unspecified atom stereocenters. The van der Waals surface area contributed by atoms with E-state index in [2.05, 4.69) is 15.9 Å². The van der Waals surface area contributed by atoms with E-state index < -0.39 is 0 Å². The van der Waals surface area contributed by atoms with Gasteiger partial charge < -0.3 is 5.73 Å². The molecular weight excluding hydrogens is 321 g/mol. The molecule has 0 spiro atoms. The van der Waals surface area contributed by atoms with Crippen LogP contribution in [0.3, 0.4) is 0 Å². The van der Waals surface area contributed by atoms with Gasteiger partial charge in [-0.05, 0) is 51.3 Å². The molecule has 0 aliphatic heterocycles. The maximum absolute atomic E-state index is 6.18. The Morgan fingerprint density at radius 2 is 1.53 bits per heavy atom. The molecule has 1 atom stereocenters. The second-order valence-electron chi connectivity index (χ2n) is 3.70. The molecule has 0 fully saturated rings. The first-order valence-corrected chi connectivity index (χ1v) is 6.59. The maximum atomic E-state index is 6.18. The van der Waals surface area contributed by atoms with Gasteiger partial charge in [-0.1, -0.05) is 41.4 Å². The van der Waals surface area contributed by atoms with Crippen molar-refractivity contribution < 1.29 is 0 Å². The fourth-order valence-corrected chi connectivity index (χ4v) is 2.21. The zero-order chi connectivity index (χ0) is 12.4. The van der Waals surface area contributed by atoms with Crippen molar-refractivity contribution >= 4 is 39.1 Å². The van der Waals surface area contributed by atoms with E-state index in [0.717, 1.165) is 15.6 Å². The number of halogens is 3. The Morgan fingerprint density at radius 3 is 2.12 bits per heavy atom. The van der Waals surface area contributed by atoms with Crippen LogP contribution in [0.15, 0.2) is 46.9 Å². The highest BCUT2D eigenvalue weighted by Crippen LogP contribution is 2.28. The molecule has 88 valence electrons. The maximum Gasteiger partial charge on any atom is 0.0552 e. The summed E-state index contributed by atoms with van der Waals surface area (Å²) in [6.45, 7) is 0. The summed E-state index contributed by atoms with van der Waals surface area (Å²) in [6.07, 6.45) is 0. The molecule has 0 aromatic heterocycles. The van der Waals surface area contributed by atoms with Gasteiger partial charge in [0.25, 0.3) is 0 Å². The lowest BCUT2D eigenvalue weighted by molar-refractivity contribution is 0.871. The summed E-state index contributed by atoms with van der Waals surface area (Å²) in [5, 5.41) is 1.38. The van der Waals surface area contributed by atoms with E-state index in [4.69, 9.17) is 28.9 Å². The van der Waals surface area contributed by atoms with E-state index in [9.17, 15) is 0 Å². The molecule has 0 saturated heterocycles. The molecule has 0 amide bonds. The standard InChI is InChI=1S/C13H10BrCl2N/c14-11-7-9(3-6-12(11)16)13(17)8-1-4-10(15)5-2-8/h1-7,13H,17H2.